The van der Waals surface area contributed by atoms with Gasteiger partial charge < -0.3 is 4.57 Å². The molecular weight excluding hydrogens is 427 g/mol. The number of rotatable bonds is 5. The predicted molar refractivity (Wildman–Crippen MR) is 138 cm³/mol. The Morgan fingerprint density at radius 2 is 1.09 bits per heavy atom. The van der Waals surface area contributed by atoms with Crippen molar-refractivity contribution in [1.82, 2.24) is 0 Å². The second-order valence-electron chi connectivity index (χ2n) is 10.1. The number of hydrogen-bond acceptors (Lipinski definition) is 3. The Bertz CT molecular complexity index is 1270. The Labute approximate surface area is 197 Å². The summed E-state index contributed by atoms with van der Waals surface area (Å²) in [5.74, 6) is 0. The van der Waals surface area contributed by atoms with E-state index < -0.39 is 18.2 Å². The van der Waals surface area contributed by atoms with Crippen molar-refractivity contribution >= 4 is 23.5 Å². The molecule has 4 heteroatoms. The molecule has 3 rings (SSSR count). The topological polar surface area (TPSA) is 51.2 Å². The van der Waals surface area contributed by atoms with E-state index in [0.29, 0.717) is 11.1 Å². The van der Waals surface area contributed by atoms with Crippen LogP contribution in [0.3, 0.4) is 0 Å². The largest absolute Gasteiger partial charge is 0.302 e. The standard InChI is InChI=1S/C29H33O3P/c1-18-14-20(3)25(21(4)15-18)27(30)33(32,23-12-10-9-11-13-23)28(31)26-22(5)16-19(2)17-24(26)29(6,7)8/h9-17H,1-8H3. The third kappa shape index (κ3) is 4.52. The van der Waals surface area contributed by atoms with Gasteiger partial charge in [0.2, 0.25) is 18.2 Å². The SMILES string of the molecule is Cc1cc(C)c(C(=O)P(=O)(C(=O)c2c(C)cc(C)cc2C(C)(C)C)c2ccccc2)c(C)c1. The summed E-state index contributed by atoms with van der Waals surface area (Å²) < 4.78 is 14.8. The molecule has 0 saturated carbocycles. The van der Waals surface area contributed by atoms with E-state index in [4.69, 9.17) is 0 Å². The highest BCUT2D eigenvalue weighted by molar-refractivity contribution is 8.01. The molecule has 0 aromatic heterocycles. The zero-order valence-corrected chi connectivity index (χ0v) is 21.8. The Morgan fingerprint density at radius 3 is 1.58 bits per heavy atom. The summed E-state index contributed by atoms with van der Waals surface area (Å²) in [6.07, 6.45) is 0. The zero-order chi connectivity index (χ0) is 24.7. The monoisotopic (exact) mass is 460 g/mol. The molecule has 33 heavy (non-hydrogen) atoms. The molecule has 0 spiro atoms. The first-order valence-electron chi connectivity index (χ1n) is 11.2. The first-order chi connectivity index (χ1) is 15.3. The molecule has 1 unspecified atom stereocenters. The second-order valence-corrected chi connectivity index (χ2v) is 12.6. The molecule has 0 bridgehead atoms. The van der Waals surface area contributed by atoms with Gasteiger partial charge in [0.05, 0.1) is 0 Å². The summed E-state index contributed by atoms with van der Waals surface area (Å²) in [4.78, 5) is 28.4. The Morgan fingerprint density at radius 1 is 0.667 bits per heavy atom. The Kier molecular flexibility index (Phi) is 6.69. The second kappa shape index (κ2) is 8.88. The fourth-order valence-corrected chi connectivity index (χ4v) is 7.16. The lowest BCUT2D eigenvalue weighted by Gasteiger charge is -2.27. The smallest absolute Gasteiger partial charge is 0.248 e. The average Bonchev–Trinajstić information content (AvgIpc) is 2.71. The molecule has 1 atom stereocenters. The molecule has 0 radical (unpaired) electrons. The van der Waals surface area contributed by atoms with Crippen LogP contribution in [0.5, 0.6) is 0 Å². The van der Waals surface area contributed by atoms with Crippen LogP contribution < -0.4 is 5.30 Å². The third-order valence-electron chi connectivity index (χ3n) is 6.08. The first-order valence-corrected chi connectivity index (χ1v) is 12.9. The van der Waals surface area contributed by atoms with Crippen molar-refractivity contribution in [3.8, 4) is 0 Å². The average molecular weight is 461 g/mol. The van der Waals surface area contributed by atoms with Gasteiger partial charge in [-0.15, -0.1) is 0 Å². The van der Waals surface area contributed by atoms with E-state index in [1.54, 1.807) is 30.3 Å². The van der Waals surface area contributed by atoms with Crippen LogP contribution in [-0.4, -0.2) is 11.0 Å². The van der Waals surface area contributed by atoms with Crippen molar-refractivity contribution in [1.29, 1.82) is 0 Å². The van der Waals surface area contributed by atoms with Crippen LogP contribution >= 0.6 is 7.14 Å². The molecular formula is C29H33O3P. The van der Waals surface area contributed by atoms with E-state index in [9.17, 15) is 14.2 Å². The van der Waals surface area contributed by atoms with Crippen LogP contribution in [0.25, 0.3) is 0 Å². The van der Waals surface area contributed by atoms with Gasteiger partial charge in [0.25, 0.3) is 0 Å². The van der Waals surface area contributed by atoms with E-state index in [2.05, 4.69) is 0 Å². The zero-order valence-electron chi connectivity index (χ0n) is 20.9. The summed E-state index contributed by atoms with van der Waals surface area (Å²) in [7, 11) is -4.18. The maximum atomic E-state index is 14.8. The van der Waals surface area contributed by atoms with Gasteiger partial charge >= 0.3 is 0 Å². The van der Waals surface area contributed by atoms with Gasteiger partial charge in [-0.2, -0.15) is 0 Å². The van der Waals surface area contributed by atoms with Crippen LogP contribution in [0.15, 0.2) is 54.6 Å². The van der Waals surface area contributed by atoms with Gasteiger partial charge in [-0.1, -0.05) is 86.5 Å². The molecule has 0 aliphatic rings. The number of carbonyl (C=O) groups is 2. The maximum absolute atomic E-state index is 14.8. The van der Waals surface area contributed by atoms with Crippen molar-refractivity contribution in [3.63, 3.8) is 0 Å². The third-order valence-corrected chi connectivity index (χ3v) is 8.70. The Hall–Kier alpha value is -2.77. The van der Waals surface area contributed by atoms with E-state index >= 15 is 0 Å². The predicted octanol–water partition coefficient (Wildman–Crippen LogP) is 7.20. The van der Waals surface area contributed by atoms with Crippen LogP contribution in [0.4, 0.5) is 0 Å². The van der Waals surface area contributed by atoms with E-state index in [1.807, 2.05) is 79.7 Å². The number of aryl methyl sites for hydroxylation is 5. The van der Waals surface area contributed by atoms with Crippen molar-refractivity contribution in [2.75, 3.05) is 0 Å². The summed E-state index contributed by atoms with van der Waals surface area (Å²) in [5.41, 5.74) is 4.32. The first kappa shape index (κ1) is 24.9. The van der Waals surface area contributed by atoms with Gasteiger partial charge in [-0.3, -0.25) is 9.59 Å². The van der Waals surface area contributed by atoms with Gasteiger partial charge in [0.1, 0.15) is 0 Å². The minimum absolute atomic E-state index is 0.277. The Balaban J connectivity index is 2.37. The molecule has 0 aliphatic heterocycles. The number of carbonyl (C=O) groups excluding carboxylic acids is 2. The highest BCUT2D eigenvalue weighted by Gasteiger charge is 2.45. The minimum atomic E-state index is -4.18. The van der Waals surface area contributed by atoms with Crippen LogP contribution in [0.2, 0.25) is 0 Å². The molecule has 0 amide bonds. The summed E-state index contributed by atoms with van der Waals surface area (Å²) in [6.45, 7) is 15.6. The highest BCUT2D eigenvalue weighted by atomic mass is 31.2. The van der Waals surface area contributed by atoms with Crippen LogP contribution in [-0.2, 0) is 9.98 Å². The van der Waals surface area contributed by atoms with E-state index in [-0.39, 0.29) is 10.7 Å². The number of hydrogen-bond donors (Lipinski definition) is 0. The van der Waals surface area contributed by atoms with Crippen molar-refractivity contribution in [2.24, 2.45) is 0 Å². The maximum Gasteiger partial charge on any atom is 0.248 e. The van der Waals surface area contributed by atoms with Crippen molar-refractivity contribution < 1.29 is 14.2 Å². The summed E-state index contributed by atoms with van der Waals surface area (Å²) in [5, 5.41) is 0.277. The molecule has 3 aromatic carbocycles. The van der Waals surface area contributed by atoms with Crippen LogP contribution in [0.1, 0.15) is 74.9 Å². The summed E-state index contributed by atoms with van der Waals surface area (Å²) >= 11 is 0. The summed E-state index contributed by atoms with van der Waals surface area (Å²) in [6, 6.07) is 16.2. The van der Waals surface area contributed by atoms with Gasteiger partial charge in [0.15, 0.2) is 0 Å². The molecule has 172 valence electrons. The van der Waals surface area contributed by atoms with E-state index in [1.165, 1.54) is 0 Å². The molecule has 3 nitrogen and oxygen atoms in total. The molecule has 0 saturated heterocycles. The number of benzene rings is 3. The lowest BCUT2D eigenvalue weighted by atomic mass is 9.81. The normalized spacial score (nSPS) is 13.5. The fraction of sp³-hybridized carbons (Fsp3) is 0.310. The van der Waals surface area contributed by atoms with E-state index in [0.717, 1.165) is 33.4 Å². The molecule has 0 heterocycles. The minimum Gasteiger partial charge on any atom is -0.302 e. The fourth-order valence-electron chi connectivity index (χ4n) is 4.64. The van der Waals surface area contributed by atoms with Crippen molar-refractivity contribution in [2.45, 2.75) is 60.8 Å². The lowest BCUT2D eigenvalue weighted by molar-refractivity contribution is 0.103. The highest BCUT2D eigenvalue weighted by Crippen LogP contribution is 2.53. The molecule has 3 aromatic rings. The molecule has 0 aliphatic carbocycles. The van der Waals surface area contributed by atoms with Crippen LogP contribution in [0, 0.1) is 34.6 Å². The quantitative estimate of drug-likeness (QED) is 0.379. The lowest BCUT2D eigenvalue weighted by Crippen LogP contribution is -2.25. The molecule has 0 N–H and O–H groups in total. The van der Waals surface area contributed by atoms with Gasteiger partial charge in [0, 0.05) is 16.4 Å². The van der Waals surface area contributed by atoms with Gasteiger partial charge in [-0.05, 0) is 62.3 Å². The molecule has 0 fully saturated rings. The van der Waals surface area contributed by atoms with Gasteiger partial charge in [-0.25, -0.2) is 0 Å². The van der Waals surface area contributed by atoms with Crippen molar-refractivity contribution in [3.05, 3.63) is 99.1 Å².